The molecule has 0 N–H and O–H groups in total. The Labute approximate surface area is 150 Å². The third kappa shape index (κ3) is 3.22. The number of benzene rings is 1. The van der Waals surface area contributed by atoms with Crippen molar-refractivity contribution in [2.24, 2.45) is 0 Å². The third-order valence-corrected chi connectivity index (χ3v) is 6.46. The summed E-state index contributed by atoms with van der Waals surface area (Å²) in [5.41, 5.74) is 0.526. The summed E-state index contributed by atoms with van der Waals surface area (Å²) < 4.78 is 17.3. The molecule has 0 unspecified atom stereocenters. The number of hydrogen-bond donors (Lipinski definition) is 0. The molecule has 2 heterocycles. The van der Waals surface area contributed by atoms with Crippen molar-refractivity contribution in [3.63, 3.8) is 0 Å². The molecule has 1 saturated carbocycles. The topological polar surface area (TPSA) is 30.7 Å². The van der Waals surface area contributed by atoms with Crippen molar-refractivity contribution in [3.8, 4) is 11.4 Å². The van der Waals surface area contributed by atoms with Gasteiger partial charge in [0, 0.05) is 16.7 Å². The van der Waals surface area contributed by atoms with E-state index in [2.05, 4.69) is 42.8 Å². The molecule has 0 atom stereocenters. The van der Waals surface area contributed by atoms with E-state index < -0.39 is 0 Å². The Kier molecular flexibility index (Phi) is 4.26. The van der Waals surface area contributed by atoms with Gasteiger partial charge >= 0.3 is 0 Å². The number of thiophene rings is 1. The van der Waals surface area contributed by atoms with Gasteiger partial charge in [-0.3, -0.25) is 4.57 Å². The van der Waals surface area contributed by atoms with E-state index in [4.69, 9.17) is 0 Å². The van der Waals surface area contributed by atoms with Crippen molar-refractivity contribution >= 4 is 39.0 Å². The maximum atomic E-state index is 14.1. The van der Waals surface area contributed by atoms with E-state index in [-0.39, 0.29) is 5.82 Å². The molecule has 0 amide bonds. The smallest absolute Gasteiger partial charge is 0.192 e. The molecule has 2 aromatic heterocycles. The summed E-state index contributed by atoms with van der Waals surface area (Å²) in [5, 5.41) is 9.46. The SMILES string of the molecule is Fc1ccccc1-c1nnc(SCc2ccc(Br)s2)n1C1CC1. The van der Waals surface area contributed by atoms with Gasteiger partial charge in [0.15, 0.2) is 11.0 Å². The zero-order valence-corrected chi connectivity index (χ0v) is 15.3. The molecule has 1 aromatic carbocycles. The van der Waals surface area contributed by atoms with Crippen LogP contribution in [0.25, 0.3) is 11.4 Å². The average Bonchev–Trinajstić information content (AvgIpc) is 3.16. The van der Waals surface area contributed by atoms with Crippen LogP contribution < -0.4 is 0 Å². The van der Waals surface area contributed by atoms with E-state index in [1.165, 1.54) is 10.9 Å². The fourth-order valence-corrected chi connectivity index (χ4v) is 4.96. The van der Waals surface area contributed by atoms with Gasteiger partial charge in [-0.15, -0.1) is 21.5 Å². The number of halogens is 2. The largest absolute Gasteiger partial charge is 0.299 e. The molecule has 0 radical (unpaired) electrons. The third-order valence-electron chi connectivity index (χ3n) is 3.66. The van der Waals surface area contributed by atoms with E-state index in [0.717, 1.165) is 27.5 Å². The molecule has 23 heavy (non-hydrogen) atoms. The minimum absolute atomic E-state index is 0.250. The highest BCUT2D eigenvalue weighted by atomic mass is 79.9. The summed E-state index contributed by atoms with van der Waals surface area (Å²) in [6.07, 6.45) is 2.22. The van der Waals surface area contributed by atoms with Crippen molar-refractivity contribution in [2.45, 2.75) is 29.8 Å². The van der Waals surface area contributed by atoms with Crippen LogP contribution in [0.15, 0.2) is 45.3 Å². The predicted octanol–water partition coefficient (Wildman–Crippen LogP) is 5.54. The quantitative estimate of drug-likeness (QED) is 0.518. The number of thioether (sulfide) groups is 1. The molecular weight excluding hydrogens is 397 g/mol. The zero-order chi connectivity index (χ0) is 15.8. The lowest BCUT2D eigenvalue weighted by molar-refractivity contribution is 0.622. The van der Waals surface area contributed by atoms with Crippen LogP contribution >= 0.6 is 39.0 Å². The Morgan fingerprint density at radius 2 is 2.04 bits per heavy atom. The second-order valence-corrected chi connectivity index (χ2v) is 8.87. The van der Waals surface area contributed by atoms with Crippen LogP contribution in [-0.2, 0) is 5.75 Å². The standard InChI is InChI=1S/C16H13BrFN3S2/c17-14-8-7-11(23-14)9-22-16-20-19-15(21(16)10-5-6-10)12-3-1-2-4-13(12)18/h1-4,7-8,10H,5-6,9H2. The molecule has 1 aliphatic rings. The van der Waals surface area contributed by atoms with Crippen molar-refractivity contribution in [3.05, 3.63) is 50.9 Å². The Balaban J connectivity index is 1.64. The summed E-state index contributed by atoms with van der Waals surface area (Å²) in [7, 11) is 0. The normalized spacial score (nSPS) is 14.3. The Hall–Kier alpha value is -1.18. The lowest BCUT2D eigenvalue weighted by atomic mass is 10.2. The van der Waals surface area contributed by atoms with Gasteiger partial charge in [0.25, 0.3) is 0 Å². The molecular formula is C16H13BrFN3S2. The highest BCUT2D eigenvalue weighted by molar-refractivity contribution is 9.11. The molecule has 1 fully saturated rings. The van der Waals surface area contributed by atoms with Crippen molar-refractivity contribution in [1.29, 1.82) is 0 Å². The van der Waals surface area contributed by atoms with Gasteiger partial charge < -0.3 is 0 Å². The molecule has 4 rings (SSSR count). The van der Waals surface area contributed by atoms with Gasteiger partial charge in [-0.25, -0.2) is 4.39 Å². The maximum absolute atomic E-state index is 14.1. The lowest BCUT2D eigenvalue weighted by Crippen LogP contribution is -2.00. The van der Waals surface area contributed by atoms with E-state index in [0.29, 0.717) is 17.4 Å². The van der Waals surface area contributed by atoms with Crippen LogP contribution in [0.2, 0.25) is 0 Å². The summed E-state index contributed by atoms with van der Waals surface area (Å²) >= 11 is 6.86. The first-order valence-electron chi connectivity index (χ1n) is 7.29. The molecule has 118 valence electrons. The number of rotatable bonds is 5. The van der Waals surface area contributed by atoms with Gasteiger partial charge in [0.05, 0.1) is 9.35 Å². The molecule has 0 saturated heterocycles. The zero-order valence-electron chi connectivity index (χ0n) is 12.1. The second kappa shape index (κ2) is 6.37. The molecule has 3 nitrogen and oxygen atoms in total. The van der Waals surface area contributed by atoms with E-state index in [1.54, 1.807) is 35.2 Å². The van der Waals surface area contributed by atoms with Crippen LogP contribution in [-0.4, -0.2) is 14.8 Å². The summed E-state index contributed by atoms with van der Waals surface area (Å²) in [6, 6.07) is 11.3. The highest BCUT2D eigenvalue weighted by Crippen LogP contribution is 2.42. The first-order valence-corrected chi connectivity index (χ1v) is 9.88. The van der Waals surface area contributed by atoms with Gasteiger partial charge in [-0.1, -0.05) is 23.9 Å². The van der Waals surface area contributed by atoms with Gasteiger partial charge in [0.1, 0.15) is 5.82 Å². The Bertz CT molecular complexity index is 841. The minimum atomic E-state index is -0.250. The van der Waals surface area contributed by atoms with Gasteiger partial charge in [-0.05, 0) is 53.0 Å². The maximum Gasteiger partial charge on any atom is 0.192 e. The van der Waals surface area contributed by atoms with Crippen molar-refractivity contribution in [2.75, 3.05) is 0 Å². The highest BCUT2D eigenvalue weighted by Gasteiger charge is 2.30. The summed E-state index contributed by atoms with van der Waals surface area (Å²) in [4.78, 5) is 1.28. The van der Waals surface area contributed by atoms with Crippen LogP contribution in [0.3, 0.4) is 0 Å². The number of hydrogen-bond acceptors (Lipinski definition) is 4. The molecule has 1 aliphatic carbocycles. The molecule has 0 bridgehead atoms. The van der Waals surface area contributed by atoms with E-state index >= 15 is 0 Å². The van der Waals surface area contributed by atoms with Crippen LogP contribution in [0, 0.1) is 5.82 Å². The van der Waals surface area contributed by atoms with Crippen molar-refractivity contribution in [1.82, 2.24) is 14.8 Å². The predicted molar refractivity (Wildman–Crippen MR) is 95.3 cm³/mol. The second-order valence-electron chi connectivity index (χ2n) is 5.38. The Morgan fingerprint density at radius 3 is 2.74 bits per heavy atom. The monoisotopic (exact) mass is 409 g/mol. The van der Waals surface area contributed by atoms with Crippen LogP contribution in [0.5, 0.6) is 0 Å². The fraction of sp³-hybridized carbons (Fsp3) is 0.250. The van der Waals surface area contributed by atoms with Crippen molar-refractivity contribution < 1.29 is 4.39 Å². The van der Waals surface area contributed by atoms with Gasteiger partial charge in [0.2, 0.25) is 0 Å². The Morgan fingerprint density at radius 1 is 1.22 bits per heavy atom. The lowest BCUT2D eigenvalue weighted by Gasteiger charge is -2.09. The summed E-state index contributed by atoms with van der Waals surface area (Å²) in [5.74, 6) is 1.24. The minimum Gasteiger partial charge on any atom is -0.299 e. The van der Waals surface area contributed by atoms with Gasteiger partial charge in [-0.2, -0.15) is 0 Å². The van der Waals surface area contributed by atoms with Crippen LogP contribution in [0.1, 0.15) is 23.8 Å². The molecule has 0 aliphatic heterocycles. The average molecular weight is 410 g/mol. The molecule has 0 spiro atoms. The first kappa shape index (κ1) is 15.4. The summed E-state index contributed by atoms with van der Waals surface area (Å²) in [6.45, 7) is 0. The fourth-order valence-electron chi connectivity index (χ4n) is 2.43. The molecule has 7 heteroatoms. The molecule has 3 aromatic rings. The van der Waals surface area contributed by atoms with E-state index in [9.17, 15) is 4.39 Å². The number of aromatic nitrogens is 3. The number of nitrogens with zero attached hydrogens (tertiary/aromatic N) is 3. The van der Waals surface area contributed by atoms with Crippen LogP contribution in [0.4, 0.5) is 4.39 Å². The first-order chi connectivity index (χ1) is 11.2. The van der Waals surface area contributed by atoms with E-state index in [1.807, 2.05) is 6.07 Å².